The number of amides is 1. The van der Waals surface area contributed by atoms with Gasteiger partial charge < -0.3 is 19.9 Å². The lowest BCUT2D eigenvalue weighted by Gasteiger charge is -2.36. The van der Waals surface area contributed by atoms with Gasteiger partial charge in [0.05, 0.1) is 30.8 Å². The zero-order chi connectivity index (χ0) is 36.9. The van der Waals surface area contributed by atoms with Crippen LogP contribution < -0.4 is 10.1 Å². The minimum atomic E-state index is -0.619. The van der Waals surface area contributed by atoms with Gasteiger partial charge in [0.25, 0.3) is 5.91 Å². The van der Waals surface area contributed by atoms with Crippen molar-refractivity contribution in [3.05, 3.63) is 107 Å². The summed E-state index contributed by atoms with van der Waals surface area (Å²) in [5, 5.41) is 22.7. The fourth-order valence-corrected chi connectivity index (χ4v) is 7.34. The molecule has 2 fully saturated rings. The van der Waals surface area contributed by atoms with Crippen LogP contribution in [0.15, 0.2) is 73.1 Å². The number of morpholine rings is 1. The van der Waals surface area contributed by atoms with E-state index >= 15 is 0 Å². The standard InChI is InChI=1S/C40H47FN8O4/c1-27-19-33(45-47(27)3)26-49(25-32-13-14-46(2)44-32)34-9-7-31(8-10-34)43-39(51)38-22-30(41)23-42-40(38)53-36-6-4-5-28(21-36)37-12-11-35(50)20-29(37)24-48-15-17-52-18-16-48/h4-6,11-14,19-23,31,34,50H,7-10,15-18,24-26H2,1-3H3,(H,43,51). The lowest BCUT2D eigenvalue weighted by atomic mass is 9.89. The van der Waals surface area contributed by atoms with E-state index < -0.39 is 11.7 Å². The van der Waals surface area contributed by atoms with Crippen LogP contribution >= 0.6 is 0 Å². The van der Waals surface area contributed by atoms with E-state index in [2.05, 4.69) is 38.2 Å². The second kappa shape index (κ2) is 16.3. The highest BCUT2D eigenvalue weighted by atomic mass is 19.1. The highest BCUT2D eigenvalue weighted by Gasteiger charge is 2.29. The van der Waals surface area contributed by atoms with Gasteiger partial charge in [-0.1, -0.05) is 18.2 Å². The van der Waals surface area contributed by atoms with Crippen LogP contribution in [0.3, 0.4) is 0 Å². The summed E-state index contributed by atoms with van der Waals surface area (Å²) in [4.78, 5) is 22.6. The Balaban J connectivity index is 1.02. The van der Waals surface area contributed by atoms with Crippen LogP contribution in [0.1, 0.15) is 58.7 Å². The van der Waals surface area contributed by atoms with Crippen molar-refractivity contribution >= 4 is 5.91 Å². The zero-order valence-corrected chi connectivity index (χ0v) is 30.5. The first-order valence-corrected chi connectivity index (χ1v) is 18.3. The van der Waals surface area contributed by atoms with Crippen molar-refractivity contribution in [2.75, 3.05) is 26.3 Å². The molecule has 0 radical (unpaired) electrons. The minimum Gasteiger partial charge on any atom is -0.508 e. The van der Waals surface area contributed by atoms with E-state index in [-0.39, 0.29) is 29.3 Å². The van der Waals surface area contributed by atoms with E-state index in [1.807, 2.05) is 60.0 Å². The third-order valence-corrected chi connectivity index (χ3v) is 10.2. The first-order chi connectivity index (χ1) is 25.7. The van der Waals surface area contributed by atoms with Gasteiger partial charge in [-0.05, 0) is 91.8 Å². The number of rotatable bonds is 12. The second-order valence-corrected chi connectivity index (χ2v) is 14.1. The van der Waals surface area contributed by atoms with Crippen molar-refractivity contribution in [2.24, 2.45) is 14.1 Å². The number of hydrogen-bond acceptors (Lipinski definition) is 9. The summed E-state index contributed by atoms with van der Waals surface area (Å²) in [6.45, 7) is 7.11. The Kier molecular flexibility index (Phi) is 11.1. The molecule has 0 atom stereocenters. The maximum Gasteiger partial charge on any atom is 0.257 e. The fourth-order valence-electron chi connectivity index (χ4n) is 7.34. The van der Waals surface area contributed by atoms with Crippen molar-refractivity contribution < 1.29 is 23.8 Å². The highest BCUT2D eigenvalue weighted by molar-refractivity contribution is 5.96. The van der Waals surface area contributed by atoms with Crippen LogP contribution in [-0.2, 0) is 38.5 Å². The Morgan fingerprint density at radius 2 is 1.79 bits per heavy atom. The molecule has 2 N–H and O–H groups in total. The number of phenols is 1. The van der Waals surface area contributed by atoms with Gasteiger partial charge in [-0.2, -0.15) is 10.2 Å². The molecule has 1 aliphatic heterocycles. The number of aromatic nitrogens is 5. The van der Waals surface area contributed by atoms with Gasteiger partial charge >= 0.3 is 0 Å². The molecule has 1 saturated carbocycles. The maximum atomic E-state index is 14.6. The minimum absolute atomic E-state index is 0.0289. The first-order valence-electron chi connectivity index (χ1n) is 18.3. The van der Waals surface area contributed by atoms with Crippen molar-refractivity contribution in [1.29, 1.82) is 0 Å². The number of carbonyl (C=O) groups excluding carboxylic acids is 1. The molecule has 13 heteroatoms. The first kappa shape index (κ1) is 36.3. The van der Waals surface area contributed by atoms with Crippen molar-refractivity contribution in [3.63, 3.8) is 0 Å². The summed E-state index contributed by atoms with van der Waals surface area (Å²) in [5.41, 5.74) is 5.98. The normalized spacial score (nSPS) is 18.0. The van der Waals surface area contributed by atoms with Crippen LogP contribution in [0.5, 0.6) is 17.4 Å². The average Bonchev–Trinajstić information content (AvgIpc) is 3.71. The van der Waals surface area contributed by atoms with E-state index in [4.69, 9.17) is 14.6 Å². The molecule has 3 aromatic heterocycles. The van der Waals surface area contributed by atoms with Crippen molar-refractivity contribution in [3.8, 4) is 28.5 Å². The largest absolute Gasteiger partial charge is 0.508 e. The van der Waals surface area contributed by atoms with E-state index in [1.165, 1.54) is 6.07 Å². The third-order valence-electron chi connectivity index (χ3n) is 10.2. The maximum absolute atomic E-state index is 14.6. The number of pyridine rings is 1. The van der Waals surface area contributed by atoms with E-state index in [0.717, 1.165) is 78.7 Å². The second-order valence-electron chi connectivity index (χ2n) is 14.1. The smallest absolute Gasteiger partial charge is 0.257 e. The van der Waals surface area contributed by atoms with Gasteiger partial charge in [0.15, 0.2) is 0 Å². The Labute approximate surface area is 309 Å². The third kappa shape index (κ3) is 9.10. The van der Waals surface area contributed by atoms with Crippen LogP contribution in [0.2, 0.25) is 0 Å². The summed E-state index contributed by atoms with van der Waals surface area (Å²) in [6, 6.07) is 18.4. The summed E-state index contributed by atoms with van der Waals surface area (Å²) in [6.07, 6.45) is 6.33. The Hall–Kier alpha value is -5.11. The number of halogens is 1. The monoisotopic (exact) mass is 722 g/mol. The topological polar surface area (TPSA) is 123 Å². The van der Waals surface area contributed by atoms with Crippen molar-refractivity contribution in [1.82, 2.24) is 39.7 Å². The van der Waals surface area contributed by atoms with Gasteiger partial charge in [0.1, 0.15) is 22.9 Å². The Bertz CT molecular complexity index is 2010. The molecule has 12 nitrogen and oxygen atoms in total. The molecular weight excluding hydrogens is 675 g/mol. The van der Waals surface area contributed by atoms with Crippen LogP contribution in [0.4, 0.5) is 4.39 Å². The van der Waals surface area contributed by atoms with Gasteiger partial charge in [0, 0.05) is 70.8 Å². The molecule has 53 heavy (non-hydrogen) atoms. The summed E-state index contributed by atoms with van der Waals surface area (Å²) in [5.74, 6) is -0.358. The lowest BCUT2D eigenvalue weighted by molar-refractivity contribution is 0.0342. The molecule has 1 aliphatic carbocycles. The van der Waals surface area contributed by atoms with Gasteiger partial charge in [-0.25, -0.2) is 9.37 Å². The number of aromatic hydroxyl groups is 1. The van der Waals surface area contributed by atoms with Gasteiger partial charge in [0.2, 0.25) is 5.88 Å². The molecule has 2 aromatic carbocycles. The Morgan fingerprint density at radius 3 is 2.53 bits per heavy atom. The molecule has 0 unspecified atom stereocenters. The van der Waals surface area contributed by atoms with Gasteiger partial charge in [-0.3, -0.25) is 24.0 Å². The van der Waals surface area contributed by atoms with E-state index in [0.29, 0.717) is 38.6 Å². The molecule has 278 valence electrons. The van der Waals surface area contributed by atoms with Crippen LogP contribution in [0.25, 0.3) is 11.1 Å². The summed E-state index contributed by atoms with van der Waals surface area (Å²) >= 11 is 0. The molecule has 1 saturated heterocycles. The number of aryl methyl sites for hydroxylation is 3. The molecule has 5 aromatic rings. The molecule has 7 rings (SSSR count). The SMILES string of the molecule is Cc1cc(CN(Cc2ccn(C)n2)C2CCC(NC(=O)c3cc(F)cnc3Oc3cccc(-c4ccc(O)cc4CN4CCOCC4)c3)CC2)nn1C. The molecule has 1 amide bonds. The number of carbonyl (C=O) groups is 1. The number of phenolic OH excluding ortho intramolecular Hbond substituents is 1. The number of benzene rings is 2. The molecule has 0 spiro atoms. The number of nitrogens with one attached hydrogen (secondary N) is 1. The number of nitrogens with zero attached hydrogens (tertiary/aromatic N) is 7. The molecule has 2 aliphatic rings. The lowest BCUT2D eigenvalue weighted by Crippen LogP contribution is -2.43. The predicted octanol–water partition coefficient (Wildman–Crippen LogP) is 5.74. The fraction of sp³-hybridized carbons (Fsp3) is 0.400. The zero-order valence-electron chi connectivity index (χ0n) is 30.5. The average molecular weight is 723 g/mol. The number of ether oxygens (including phenoxy) is 2. The van der Waals surface area contributed by atoms with Crippen molar-refractivity contribution in [2.45, 2.75) is 64.3 Å². The van der Waals surface area contributed by atoms with Crippen LogP contribution in [0, 0.1) is 12.7 Å². The highest BCUT2D eigenvalue weighted by Crippen LogP contribution is 2.33. The quantitative estimate of drug-likeness (QED) is 0.166. The van der Waals surface area contributed by atoms with E-state index in [9.17, 15) is 14.3 Å². The molecule has 0 bridgehead atoms. The van der Waals surface area contributed by atoms with Gasteiger partial charge in [-0.15, -0.1) is 0 Å². The summed E-state index contributed by atoms with van der Waals surface area (Å²) in [7, 11) is 3.88. The Morgan fingerprint density at radius 1 is 1.00 bits per heavy atom. The predicted molar refractivity (Wildman–Crippen MR) is 198 cm³/mol. The molecular formula is C40H47FN8O4. The summed E-state index contributed by atoms with van der Waals surface area (Å²) < 4.78 is 30.0. The number of hydrogen-bond donors (Lipinski definition) is 2. The molecule has 4 heterocycles. The van der Waals surface area contributed by atoms with E-state index in [1.54, 1.807) is 18.2 Å². The van der Waals surface area contributed by atoms with Crippen LogP contribution in [-0.4, -0.2) is 83.7 Å².